The number of nitrogens with zero attached hydrogens (tertiary/aromatic N) is 1. The highest BCUT2D eigenvalue weighted by atomic mass is 35.5. The highest BCUT2D eigenvalue weighted by Gasteiger charge is 2.20. The van der Waals surface area contributed by atoms with Crippen molar-refractivity contribution in [2.24, 2.45) is 5.73 Å². The zero-order valence-electron chi connectivity index (χ0n) is 12.1. The van der Waals surface area contributed by atoms with Crippen LogP contribution in [0.25, 0.3) is 0 Å². The lowest BCUT2D eigenvalue weighted by molar-refractivity contribution is -0.125. The first-order valence-corrected chi connectivity index (χ1v) is 6.64. The van der Waals surface area contributed by atoms with Gasteiger partial charge in [-0.05, 0) is 25.0 Å². The summed E-state index contributed by atoms with van der Waals surface area (Å²) in [5, 5.41) is 2.90. The number of halogens is 2. The molecule has 1 aromatic carbocycles. The molecule has 1 saturated heterocycles. The molecule has 1 amide bonds. The molecule has 0 bridgehead atoms. The number of hydrogen-bond acceptors (Lipinski definition) is 4. The van der Waals surface area contributed by atoms with Crippen LogP contribution in [-0.4, -0.2) is 38.8 Å². The van der Waals surface area contributed by atoms with Crippen molar-refractivity contribution in [3.8, 4) is 0 Å². The summed E-state index contributed by atoms with van der Waals surface area (Å²) < 4.78 is 5.05. The van der Waals surface area contributed by atoms with Crippen molar-refractivity contribution in [3.05, 3.63) is 24.3 Å². The number of benzene rings is 1. The topological polar surface area (TPSA) is 67.6 Å². The van der Waals surface area contributed by atoms with Gasteiger partial charge in [-0.2, -0.15) is 0 Å². The van der Waals surface area contributed by atoms with Gasteiger partial charge in [-0.3, -0.25) is 4.79 Å². The van der Waals surface area contributed by atoms with Crippen molar-refractivity contribution >= 4 is 42.1 Å². The maximum absolute atomic E-state index is 12.0. The van der Waals surface area contributed by atoms with Gasteiger partial charge in [0.1, 0.15) is 6.10 Å². The third-order valence-electron chi connectivity index (χ3n) is 3.40. The molecule has 0 aromatic heterocycles. The second kappa shape index (κ2) is 9.84. The molecule has 2 rings (SSSR count). The zero-order valence-corrected chi connectivity index (χ0v) is 13.7. The molecule has 0 radical (unpaired) electrons. The van der Waals surface area contributed by atoms with Crippen LogP contribution < -0.4 is 16.0 Å². The normalized spacial score (nSPS) is 14.9. The first-order valence-electron chi connectivity index (χ1n) is 6.64. The van der Waals surface area contributed by atoms with Gasteiger partial charge >= 0.3 is 0 Å². The van der Waals surface area contributed by atoms with E-state index in [1.54, 1.807) is 0 Å². The van der Waals surface area contributed by atoms with E-state index in [4.69, 9.17) is 10.5 Å². The zero-order chi connectivity index (χ0) is 13.7. The number of amides is 1. The molecule has 1 heterocycles. The summed E-state index contributed by atoms with van der Waals surface area (Å²) in [6, 6.07) is 7.85. The lowest BCUT2D eigenvalue weighted by Gasteiger charge is -2.22. The Hall–Kier alpha value is -1.01. The molecule has 120 valence electrons. The van der Waals surface area contributed by atoms with Crippen molar-refractivity contribution in [2.75, 3.05) is 37.0 Å². The summed E-state index contributed by atoms with van der Waals surface area (Å²) in [4.78, 5) is 14.3. The van der Waals surface area contributed by atoms with Gasteiger partial charge in [0.25, 0.3) is 5.91 Å². The quantitative estimate of drug-likeness (QED) is 0.864. The van der Waals surface area contributed by atoms with E-state index >= 15 is 0 Å². The second-order valence-corrected chi connectivity index (χ2v) is 4.66. The van der Waals surface area contributed by atoms with Crippen LogP contribution in [0.1, 0.15) is 12.8 Å². The van der Waals surface area contributed by atoms with Crippen LogP contribution in [0.3, 0.4) is 0 Å². The molecule has 1 atom stereocenters. The van der Waals surface area contributed by atoms with Gasteiger partial charge in [0.05, 0.1) is 11.4 Å². The van der Waals surface area contributed by atoms with Crippen molar-refractivity contribution in [3.63, 3.8) is 0 Å². The van der Waals surface area contributed by atoms with Crippen LogP contribution in [0.5, 0.6) is 0 Å². The molecular weight excluding hydrogens is 313 g/mol. The van der Waals surface area contributed by atoms with Crippen LogP contribution in [0.4, 0.5) is 11.4 Å². The van der Waals surface area contributed by atoms with Crippen LogP contribution in [0.15, 0.2) is 24.3 Å². The average Bonchev–Trinajstić information content (AvgIpc) is 2.94. The summed E-state index contributed by atoms with van der Waals surface area (Å²) in [6.07, 6.45) is 1.80. The number of para-hydroxylation sites is 2. The van der Waals surface area contributed by atoms with Gasteiger partial charge in [-0.25, -0.2) is 0 Å². The maximum atomic E-state index is 12.0. The van der Waals surface area contributed by atoms with Crippen LogP contribution in [-0.2, 0) is 9.53 Å². The molecule has 1 aromatic rings. The fraction of sp³-hybridized carbons (Fsp3) is 0.500. The number of carbonyl (C=O) groups excluding carboxylic acids is 1. The lowest BCUT2D eigenvalue weighted by atomic mass is 10.2. The summed E-state index contributed by atoms with van der Waals surface area (Å²) in [6.45, 7) is 2.25. The van der Waals surface area contributed by atoms with Gasteiger partial charge in [0.15, 0.2) is 0 Å². The molecule has 1 unspecified atom stereocenters. The highest BCUT2D eigenvalue weighted by molar-refractivity contribution is 5.97. The van der Waals surface area contributed by atoms with Crippen LogP contribution in [0.2, 0.25) is 0 Å². The van der Waals surface area contributed by atoms with Crippen LogP contribution in [0, 0.1) is 0 Å². The molecule has 1 aliphatic heterocycles. The monoisotopic (exact) mass is 335 g/mol. The Bertz CT molecular complexity index is 436. The number of carbonyl (C=O) groups is 1. The van der Waals surface area contributed by atoms with E-state index in [9.17, 15) is 4.79 Å². The molecule has 0 saturated carbocycles. The highest BCUT2D eigenvalue weighted by Crippen LogP contribution is 2.28. The summed E-state index contributed by atoms with van der Waals surface area (Å²) in [5.41, 5.74) is 7.40. The Labute approximate surface area is 138 Å². The number of ether oxygens (including phenoxy) is 1. The second-order valence-electron chi connectivity index (χ2n) is 4.66. The average molecular weight is 336 g/mol. The Kier molecular flexibility index (Phi) is 9.37. The summed E-state index contributed by atoms with van der Waals surface area (Å²) in [7, 11) is 1.49. The van der Waals surface area contributed by atoms with E-state index in [2.05, 4.69) is 10.2 Å². The van der Waals surface area contributed by atoms with E-state index in [1.807, 2.05) is 24.3 Å². The Balaban J connectivity index is 0.00000200. The minimum Gasteiger partial charge on any atom is -0.370 e. The van der Waals surface area contributed by atoms with E-state index < -0.39 is 6.10 Å². The van der Waals surface area contributed by atoms with Crippen molar-refractivity contribution < 1.29 is 9.53 Å². The van der Waals surface area contributed by atoms with Gasteiger partial charge in [0.2, 0.25) is 0 Å². The maximum Gasteiger partial charge on any atom is 0.254 e. The largest absolute Gasteiger partial charge is 0.370 e. The third kappa shape index (κ3) is 5.04. The molecule has 5 nitrogen and oxygen atoms in total. The first kappa shape index (κ1) is 20.0. The SMILES string of the molecule is COC(CN)C(=O)Nc1ccccc1N1CCCC1.Cl.Cl. The Morgan fingerprint density at radius 2 is 1.95 bits per heavy atom. The molecule has 0 aliphatic carbocycles. The van der Waals surface area contributed by atoms with E-state index in [0.29, 0.717) is 0 Å². The Morgan fingerprint density at radius 3 is 2.52 bits per heavy atom. The minimum absolute atomic E-state index is 0. The predicted octanol–water partition coefficient (Wildman–Crippen LogP) is 2.04. The molecule has 21 heavy (non-hydrogen) atoms. The minimum atomic E-state index is -0.605. The molecule has 7 heteroatoms. The molecule has 1 aliphatic rings. The smallest absolute Gasteiger partial charge is 0.254 e. The number of rotatable bonds is 5. The standard InChI is InChI=1S/C14H21N3O2.2ClH/c1-19-13(10-15)14(18)16-11-6-2-3-7-12(11)17-8-4-5-9-17;;/h2-3,6-7,13H,4-5,8-10,15H2,1H3,(H,16,18);2*1H. The van der Waals surface area contributed by atoms with Crippen LogP contribution >= 0.6 is 24.8 Å². The van der Waals surface area contributed by atoms with E-state index in [0.717, 1.165) is 24.5 Å². The van der Waals surface area contributed by atoms with Gasteiger partial charge in [0, 0.05) is 26.7 Å². The van der Waals surface area contributed by atoms with Crippen molar-refractivity contribution in [2.45, 2.75) is 18.9 Å². The summed E-state index contributed by atoms with van der Waals surface area (Å²) >= 11 is 0. The fourth-order valence-corrected chi connectivity index (χ4v) is 2.34. The Morgan fingerprint density at radius 1 is 1.33 bits per heavy atom. The van der Waals surface area contributed by atoms with Gasteiger partial charge in [-0.1, -0.05) is 12.1 Å². The number of nitrogens with one attached hydrogen (secondary N) is 1. The number of anilines is 2. The van der Waals surface area contributed by atoms with Gasteiger partial charge in [-0.15, -0.1) is 24.8 Å². The fourth-order valence-electron chi connectivity index (χ4n) is 2.34. The van der Waals surface area contributed by atoms with E-state index in [-0.39, 0.29) is 37.3 Å². The van der Waals surface area contributed by atoms with Gasteiger partial charge < -0.3 is 20.7 Å². The molecule has 3 N–H and O–H groups in total. The number of methoxy groups -OCH3 is 1. The molecular formula is C14H23Cl2N3O2. The number of hydrogen-bond donors (Lipinski definition) is 2. The first-order chi connectivity index (χ1) is 9.26. The van der Waals surface area contributed by atoms with E-state index in [1.165, 1.54) is 20.0 Å². The molecule has 1 fully saturated rings. The number of nitrogens with two attached hydrogens (primary N) is 1. The lowest BCUT2D eigenvalue weighted by Crippen LogP contribution is -2.36. The predicted molar refractivity (Wildman–Crippen MR) is 90.9 cm³/mol. The van der Waals surface area contributed by atoms with Crippen molar-refractivity contribution in [1.82, 2.24) is 0 Å². The molecule has 0 spiro atoms. The van der Waals surface area contributed by atoms with Crippen molar-refractivity contribution in [1.29, 1.82) is 0 Å². The summed E-state index contributed by atoms with van der Waals surface area (Å²) in [5.74, 6) is -0.198. The third-order valence-corrected chi connectivity index (χ3v) is 3.40.